The van der Waals surface area contributed by atoms with Crippen LogP contribution in [0.2, 0.25) is 0 Å². The molecule has 0 saturated carbocycles. The zero-order valence-corrected chi connectivity index (χ0v) is 29.5. The number of fused-ring (bicyclic) bond motifs is 2. The highest BCUT2D eigenvalue weighted by atomic mass is 16.1. The number of pyridine rings is 2. The van der Waals surface area contributed by atoms with Crippen LogP contribution in [-0.4, -0.2) is 53.2 Å². The summed E-state index contributed by atoms with van der Waals surface area (Å²) in [5.41, 5.74) is 9.88. The minimum atomic E-state index is -0.104. The number of hydrogen-bond acceptors (Lipinski definition) is 5. The Bertz CT molecular complexity index is 2580. The molecule has 5 heterocycles. The molecule has 1 fully saturated rings. The molecule has 1 aliphatic heterocycles. The number of para-hydroxylation sites is 2. The molecule has 9 heteroatoms. The van der Waals surface area contributed by atoms with Crippen LogP contribution in [0.3, 0.4) is 0 Å². The number of benzene rings is 4. The van der Waals surface area contributed by atoms with Gasteiger partial charge in [0.25, 0.3) is 5.56 Å². The molecule has 8 aromatic rings. The van der Waals surface area contributed by atoms with E-state index in [-0.39, 0.29) is 11.1 Å². The van der Waals surface area contributed by atoms with Gasteiger partial charge in [0.2, 0.25) is 5.56 Å². The molecule has 4 aromatic carbocycles. The monoisotopic (exact) mass is 699 g/mol. The Morgan fingerprint density at radius 3 is 1.70 bits per heavy atom. The number of H-pyrrole nitrogens is 1. The topological polar surface area (TPSA) is 93.7 Å². The van der Waals surface area contributed by atoms with Gasteiger partial charge in [-0.1, -0.05) is 55.0 Å². The number of aromatic nitrogens is 6. The van der Waals surface area contributed by atoms with Crippen LogP contribution >= 0.6 is 0 Å². The highest BCUT2D eigenvalue weighted by molar-refractivity contribution is 5.84. The zero-order valence-electron chi connectivity index (χ0n) is 29.5. The second-order valence-electron chi connectivity index (χ2n) is 13.5. The summed E-state index contributed by atoms with van der Waals surface area (Å²) in [6.07, 6.45) is 12.2. The third-order valence-corrected chi connectivity index (χ3v) is 9.92. The van der Waals surface area contributed by atoms with Crippen molar-refractivity contribution in [1.82, 2.24) is 33.6 Å². The first-order valence-corrected chi connectivity index (χ1v) is 18.3. The number of rotatable bonds is 8. The number of likely N-dealkylation sites (tertiary alicyclic amines) is 1. The number of nitrogens with zero attached hydrogens (tertiary/aromatic N) is 6. The Balaban J connectivity index is 0.000000160. The summed E-state index contributed by atoms with van der Waals surface area (Å²) in [5.74, 6) is 0. The Morgan fingerprint density at radius 2 is 1.13 bits per heavy atom. The summed E-state index contributed by atoms with van der Waals surface area (Å²) in [6.45, 7) is 4.26. The largest absolute Gasteiger partial charge is 0.329 e. The Labute approximate surface area is 307 Å². The minimum Gasteiger partial charge on any atom is -0.329 e. The van der Waals surface area contributed by atoms with Crippen molar-refractivity contribution in [1.29, 1.82) is 0 Å². The molecule has 0 aliphatic carbocycles. The fraction of sp³-hybridized carbons (Fsp3) is 0.182. The van der Waals surface area contributed by atoms with Gasteiger partial charge < -0.3 is 14.5 Å². The first kappa shape index (κ1) is 33.8. The van der Waals surface area contributed by atoms with Gasteiger partial charge in [0, 0.05) is 42.4 Å². The van der Waals surface area contributed by atoms with Crippen LogP contribution < -0.4 is 11.1 Å². The predicted octanol–water partition coefficient (Wildman–Crippen LogP) is 8.11. The van der Waals surface area contributed by atoms with Crippen molar-refractivity contribution < 1.29 is 0 Å². The first-order chi connectivity index (χ1) is 26.1. The van der Waals surface area contributed by atoms with Crippen LogP contribution in [0.15, 0.2) is 156 Å². The number of aromatic amines is 1. The lowest BCUT2D eigenvalue weighted by molar-refractivity contribution is 0.222. The number of hydrogen-bond donors (Lipinski definition) is 1. The van der Waals surface area contributed by atoms with E-state index < -0.39 is 0 Å². The summed E-state index contributed by atoms with van der Waals surface area (Å²) >= 11 is 0. The molecule has 9 rings (SSSR count). The van der Waals surface area contributed by atoms with Gasteiger partial charge in [0.15, 0.2) is 0 Å². The van der Waals surface area contributed by atoms with Gasteiger partial charge in [0.05, 0.1) is 22.1 Å². The fourth-order valence-electron chi connectivity index (χ4n) is 7.12. The molecule has 0 atom stereocenters. The van der Waals surface area contributed by atoms with Crippen LogP contribution in [-0.2, 0) is 6.54 Å². The van der Waals surface area contributed by atoms with E-state index in [2.05, 4.69) is 59.3 Å². The molecule has 9 nitrogen and oxygen atoms in total. The number of imidazole rings is 2. The lowest BCUT2D eigenvalue weighted by Gasteiger charge is -2.26. The molecule has 0 amide bonds. The van der Waals surface area contributed by atoms with Crippen LogP contribution in [0.1, 0.15) is 25.7 Å². The summed E-state index contributed by atoms with van der Waals surface area (Å²) < 4.78 is 5.96. The van der Waals surface area contributed by atoms with Crippen molar-refractivity contribution in [3.63, 3.8) is 0 Å². The predicted molar refractivity (Wildman–Crippen MR) is 213 cm³/mol. The highest BCUT2D eigenvalue weighted by Crippen LogP contribution is 2.26. The minimum absolute atomic E-state index is 0.0612. The quantitative estimate of drug-likeness (QED) is 0.173. The molecule has 4 aromatic heterocycles. The van der Waals surface area contributed by atoms with Gasteiger partial charge in [0.1, 0.15) is 12.7 Å². The standard InChI is InChI=1S/C26H28N4O.C18H13N3O/c31-26-19-22(12-17-29(26)16-7-15-28-13-5-2-6-14-28)21-10-11-25-24(18-21)27-20-30(25)23-8-3-1-4-9-23;22-18-11-14(8-9-19-18)13-6-7-17-16(10-13)20-12-21(17)15-4-2-1-3-5-15/h1,3-4,8-12,17-20H,2,5-7,13-16H2;1-12H,(H,19,22). The maximum absolute atomic E-state index is 12.7. The van der Waals surface area contributed by atoms with E-state index in [4.69, 9.17) is 0 Å². The molecule has 0 spiro atoms. The molecule has 264 valence electrons. The van der Waals surface area contributed by atoms with Crippen molar-refractivity contribution in [3.05, 3.63) is 167 Å². The fourth-order valence-corrected chi connectivity index (χ4v) is 7.12. The van der Waals surface area contributed by atoms with Crippen molar-refractivity contribution >= 4 is 22.1 Å². The number of aryl methyl sites for hydroxylation is 1. The molecular weight excluding hydrogens is 659 g/mol. The maximum Gasteiger partial charge on any atom is 0.251 e. The lowest BCUT2D eigenvalue weighted by atomic mass is 10.1. The van der Waals surface area contributed by atoms with Crippen LogP contribution in [0, 0.1) is 0 Å². The van der Waals surface area contributed by atoms with Gasteiger partial charge >= 0.3 is 0 Å². The van der Waals surface area contributed by atoms with Crippen molar-refractivity contribution in [2.45, 2.75) is 32.2 Å². The van der Waals surface area contributed by atoms with Crippen LogP contribution in [0.4, 0.5) is 0 Å². The lowest BCUT2D eigenvalue weighted by Crippen LogP contribution is -2.31. The van der Waals surface area contributed by atoms with E-state index in [1.165, 1.54) is 32.4 Å². The van der Waals surface area contributed by atoms with Gasteiger partial charge in [-0.25, -0.2) is 9.97 Å². The average Bonchev–Trinajstić information content (AvgIpc) is 3.84. The average molecular weight is 700 g/mol. The van der Waals surface area contributed by atoms with E-state index in [0.717, 1.165) is 75.2 Å². The Kier molecular flexibility index (Phi) is 9.89. The normalized spacial score (nSPS) is 13.2. The van der Waals surface area contributed by atoms with E-state index >= 15 is 0 Å². The summed E-state index contributed by atoms with van der Waals surface area (Å²) in [6, 6.07) is 39.8. The molecule has 1 N–H and O–H groups in total. The van der Waals surface area contributed by atoms with Gasteiger partial charge in [-0.05, 0) is 122 Å². The molecule has 0 radical (unpaired) electrons. The number of piperidine rings is 1. The Morgan fingerprint density at radius 1 is 0.566 bits per heavy atom. The summed E-state index contributed by atoms with van der Waals surface area (Å²) in [7, 11) is 0. The van der Waals surface area contributed by atoms with E-state index in [1.54, 1.807) is 18.3 Å². The third kappa shape index (κ3) is 7.66. The second kappa shape index (κ2) is 15.5. The zero-order chi connectivity index (χ0) is 36.0. The molecule has 1 saturated heterocycles. The smallest absolute Gasteiger partial charge is 0.251 e. The SMILES string of the molecule is O=c1cc(-c2ccc3c(c2)ncn3-c2ccccc2)cc[nH]1.O=c1cc(-c2ccc3c(c2)ncn3-c2ccccc2)ccn1CCCN1CCCCC1. The van der Waals surface area contributed by atoms with Crippen molar-refractivity contribution in [2.75, 3.05) is 19.6 Å². The summed E-state index contributed by atoms with van der Waals surface area (Å²) in [4.78, 5) is 38.3. The van der Waals surface area contributed by atoms with Gasteiger partial charge in [-0.2, -0.15) is 0 Å². The molecule has 0 bridgehead atoms. The molecular formula is C44H41N7O2. The van der Waals surface area contributed by atoms with Gasteiger partial charge in [-0.15, -0.1) is 0 Å². The van der Waals surface area contributed by atoms with E-state index in [1.807, 2.05) is 102 Å². The molecule has 0 unspecified atom stereocenters. The molecule has 53 heavy (non-hydrogen) atoms. The Hall–Kier alpha value is -6.32. The second-order valence-corrected chi connectivity index (χ2v) is 13.5. The van der Waals surface area contributed by atoms with Crippen LogP contribution in [0.5, 0.6) is 0 Å². The molecule has 1 aliphatic rings. The van der Waals surface area contributed by atoms with Gasteiger partial charge in [-0.3, -0.25) is 18.7 Å². The number of nitrogens with one attached hydrogen (secondary N) is 1. The van der Waals surface area contributed by atoms with Crippen molar-refractivity contribution in [2.24, 2.45) is 0 Å². The van der Waals surface area contributed by atoms with E-state index in [0.29, 0.717) is 0 Å². The van der Waals surface area contributed by atoms with Crippen LogP contribution in [0.25, 0.3) is 55.7 Å². The third-order valence-electron chi connectivity index (χ3n) is 9.92. The highest BCUT2D eigenvalue weighted by Gasteiger charge is 2.11. The summed E-state index contributed by atoms with van der Waals surface area (Å²) in [5, 5.41) is 0. The maximum atomic E-state index is 12.7. The first-order valence-electron chi connectivity index (χ1n) is 18.3. The van der Waals surface area contributed by atoms with E-state index in [9.17, 15) is 9.59 Å². The van der Waals surface area contributed by atoms with Crippen molar-refractivity contribution in [3.8, 4) is 33.6 Å².